The normalized spacial score (nSPS) is 17.9. The molecule has 1 aromatic rings. The number of benzene rings is 1. The molecule has 1 aliphatic heterocycles. The molecule has 0 saturated carbocycles. The van der Waals surface area contributed by atoms with Crippen LogP contribution in [0, 0.1) is 0 Å². The smallest absolute Gasteiger partial charge is 0.520 e. The zero-order valence-corrected chi connectivity index (χ0v) is 19.5. The molecule has 0 saturated heterocycles. The van der Waals surface area contributed by atoms with Crippen LogP contribution in [0.15, 0.2) is 18.2 Å². The SMILES string of the molecule is CC(=O)O[Si](COc1ccc2c(c1)CO[Si](C)(CCCN)O2)(OC(C)=O)OC(C)=O. The van der Waals surface area contributed by atoms with Crippen molar-refractivity contribution in [1.29, 1.82) is 0 Å². The summed E-state index contributed by atoms with van der Waals surface area (Å²) in [7, 11) is -6.40. The molecule has 0 aromatic heterocycles. The average molecular weight is 458 g/mol. The average Bonchev–Trinajstić information content (AvgIpc) is 2.63. The summed E-state index contributed by atoms with van der Waals surface area (Å²) in [4.78, 5) is 34.5. The van der Waals surface area contributed by atoms with Gasteiger partial charge in [0.2, 0.25) is 0 Å². The highest BCUT2D eigenvalue weighted by molar-refractivity contribution is 6.67. The number of carbonyl (C=O) groups excluding carboxylic acids is 3. The lowest BCUT2D eigenvalue weighted by Gasteiger charge is -2.33. The maximum atomic E-state index is 11.5. The fourth-order valence-corrected chi connectivity index (χ4v) is 7.11. The highest BCUT2D eigenvalue weighted by Gasteiger charge is 2.53. The zero-order valence-electron chi connectivity index (χ0n) is 17.5. The maximum Gasteiger partial charge on any atom is 0.745 e. The second-order valence-electron chi connectivity index (χ2n) is 6.94. The molecule has 1 aliphatic rings. The lowest BCUT2D eigenvalue weighted by atomic mass is 10.2. The molecular weight excluding hydrogens is 430 g/mol. The van der Waals surface area contributed by atoms with E-state index < -0.39 is 41.5 Å². The quantitative estimate of drug-likeness (QED) is 0.545. The fourth-order valence-electron chi connectivity index (χ4n) is 2.88. The topological polar surface area (TPSA) is 133 Å². The Morgan fingerprint density at radius 3 is 2.23 bits per heavy atom. The van der Waals surface area contributed by atoms with Gasteiger partial charge in [-0.05, 0) is 37.7 Å². The molecule has 0 spiro atoms. The summed E-state index contributed by atoms with van der Waals surface area (Å²) in [6.45, 7) is 6.29. The second kappa shape index (κ2) is 10.1. The van der Waals surface area contributed by atoms with Crippen LogP contribution in [-0.4, -0.2) is 48.0 Å². The Labute approximate surface area is 177 Å². The first-order valence-electron chi connectivity index (χ1n) is 9.44. The third kappa shape index (κ3) is 6.83. The summed E-state index contributed by atoms with van der Waals surface area (Å²) < 4.78 is 33.0. The Hall–Kier alpha value is -2.42. The molecule has 1 unspecified atom stereocenters. The van der Waals surface area contributed by atoms with E-state index in [0.717, 1.165) is 38.8 Å². The van der Waals surface area contributed by atoms with Crippen LogP contribution in [0.5, 0.6) is 11.5 Å². The molecule has 1 heterocycles. The van der Waals surface area contributed by atoms with Gasteiger partial charge < -0.3 is 32.6 Å². The third-order valence-corrected chi connectivity index (χ3v) is 9.00. The molecule has 1 aromatic carbocycles. The summed E-state index contributed by atoms with van der Waals surface area (Å²) in [5, 5.41) is 0. The van der Waals surface area contributed by atoms with Crippen molar-refractivity contribution in [3.8, 4) is 11.5 Å². The molecule has 2 rings (SSSR count). The number of hydrogen-bond acceptors (Lipinski definition) is 10. The Balaban J connectivity index is 2.15. The predicted octanol–water partition coefficient (Wildman–Crippen LogP) is 1.56. The van der Waals surface area contributed by atoms with Gasteiger partial charge >= 0.3 is 17.4 Å². The van der Waals surface area contributed by atoms with Crippen molar-refractivity contribution in [3.05, 3.63) is 23.8 Å². The van der Waals surface area contributed by atoms with Crippen LogP contribution in [0.3, 0.4) is 0 Å². The molecule has 30 heavy (non-hydrogen) atoms. The van der Waals surface area contributed by atoms with Crippen LogP contribution in [0.1, 0.15) is 32.8 Å². The maximum absolute atomic E-state index is 11.5. The van der Waals surface area contributed by atoms with E-state index in [0.29, 0.717) is 24.7 Å². The van der Waals surface area contributed by atoms with Crippen LogP contribution < -0.4 is 14.9 Å². The summed E-state index contributed by atoms with van der Waals surface area (Å²) in [5.74, 6) is -1.19. The highest BCUT2D eigenvalue weighted by Crippen LogP contribution is 2.34. The standard InChI is InChI=1S/C18H27NO9Si2/c1-13(20)25-30(26-14(2)21,27-15(3)22)12-23-17-6-7-18-16(10-17)11-24-29(4,28-18)9-5-8-19/h6-7,10H,5,8-9,11-12,19H2,1-4H3. The number of hydrogen-bond donors (Lipinski definition) is 1. The van der Waals surface area contributed by atoms with E-state index in [1.165, 1.54) is 0 Å². The molecule has 0 bridgehead atoms. The Morgan fingerprint density at radius 2 is 1.70 bits per heavy atom. The second-order valence-corrected chi connectivity index (χ2v) is 12.5. The number of rotatable bonds is 9. The van der Waals surface area contributed by atoms with Crippen LogP contribution in [0.25, 0.3) is 0 Å². The largest absolute Gasteiger partial charge is 0.745 e. The van der Waals surface area contributed by atoms with Crippen LogP contribution in [0.2, 0.25) is 12.6 Å². The molecular formula is C18H27NO9Si2. The Kier molecular flexibility index (Phi) is 8.00. The van der Waals surface area contributed by atoms with Crippen molar-refractivity contribution < 1.29 is 41.3 Å². The molecule has 2 N–H and O–H groups in total. The van der Waals surface area contributed by atoms with Crippen molar-refractivity contribution in [2.24, 2.45) is 5.73 Å². The molecule has 0 fully saturated rings. The first kappa shape index (κ1) is 23.9. The minimum absolute atomic E-state index is 0.361. The van der Waals surface area contributed by atoms with E-state index in [2.05, 4.69) is 0 Å². The Bertz CT molecular complexity index is 763. The highest BCUT2D eigenvalue weighted by atomic mass is 28.4. The summed E-state index contributed by atoms with van der Waals surface area (Å²) in [6, 6.07) is 5.92. The number of fused-ring (bicyclic) bond motifs is 1. The van der Waals surface area contributed by atoms with Crippen LogP contribution >= 0.6 is 0 Å². The lowest BCUT2D eigenvalue weighted by Crippen LogP contribution is -2.54. The summed E-state index contributed by atoms with van der Waals surface area (Å²) in [5.41, 5.74) is 6.36. The van der Waals surface area contributed by atoms with Gasteiger partial charge in [0, 0.05) is 32.4 Å². The van der Waals surface area contributed by atoms with Crippen molar-refractivity contribution in [3.63, 3.8) is 0 Å². The van der Waals surface area contributed by atoms with Gasteiger partial charge in [0.1, 0.15) is 11.5 Å². The predicted molar refractivity (Wildman–Crippen MR) is 109 cm³/mol. The third-order valence-electron chi connectivity index (χ3n) is 4.04. The van der Waals surface area contributed by atoms with Gasteiger partial charge in [-0.2, -0.15) is 0 Å². The summed E-state index contributed by atoms with van der Waals surface area (Å²) in [6.07, 6.45) is 0.406. The van der Waals surface area contributed by atoms with Crippen molar-refractivity contribution in [2.75, 3.05) is 12.8 Å². The number of nitrogens with two attached hydrogens (primary N) is 1. The number of carbonyl (C=O) groups is 3. The monoisotopic (exact) mass is 457 g/mol. The van der Waals surface area contributed by atoms with Crippen LogP contribution in [0.4, 0.5) is 0 Å². The molecule has 1 atom stereocenters. The summed E-state index contributed by atoms with van der Waals surface area (Å²) >= 11 is 0. The molecule has 166 valence electrons. The molecule has 12 heteroatoms. The Morgan fingerprint density at radius 1 is 1.10 bits per heavy atom. The first-order chi connectivity index (χ1) is 14.1. The molecule has 0 radical (unpaired) electrons. The molecule has 0 aliphatic carbocycles. The fraction of sp³-hybridized carbons (Fsp3) is 0.500. The minimum atomic E-state index is -4.08. The van der Waals surface area contributed by atoms with E-state index in [9.17, 15) is 14.4 Å². The number of ether oxygens (including phenoxy) is 1. The van der Waals surface area contributed by atoms with E-state index in [-0.39, 0.29) is 0 Å². The van der Waals surface area contributed by atoms with Gasteiger partial charge in [-0.1, -0.05) is 0 Å². The molecule has 10 nitrogen and oxygen atoms in total. The van der Waals surface area contributed by atoms with Crippen molar-refractivity contribution in [2.45, 2.75) is 46.4 Å². The van der Waals surface area contributed by atoms with Gasteiger partial charge in [0.15, 0.2) is 6.23 Å². The van der Waals surface area contributed by atoms with Gasteiger partial charge in [0.05, 0.1) is 6.61 Å². The van der Waals surface area contributed by atoms with Crippen molar-refractivity contribution >= 4 is 35.3 Å². The zero-order chi connectivity index (χ0) is 22.4. The van der Waals surface area contributed by atoms with E-state index in [1.807, 2.05) is 6.55 Å². The van der Waals surface area contributed by atoms with E-state index in [1.54, 1.807) is 18.2 Å². The lowest BCUT2D eigenvalue weighted by molar-refractivity contribution is -0.148. The van der Waals surface area contributed by atoms with Gasteiger partial charge in [-0.3, -0.25) is 14.4 Å². The minimum Gasteiger partial charge on any atom is -0.520 e. The van der Waals surface area contributed by atoms with E-state index >= 15 is 0 Å². The van der Waals surface area contributed by atoms with Crippen LogP contribution in [-0.2, 0) is 38.7 Å². The van der Waals surface area contributed by atoms with E-state index in [4.69, 9.17) is 32.6 Å². The van der Waals surface area contributed by atoms with Gasteiger partial charge in [-0.15, -0.1) is 0 Å². The van der Waals surface area contributed by atoms with Gasteiger partial charge in [0.25, 0.3) is 17.9 Å². The molecule has 0 amide bonds. The van der Waals surface area contributed by atoms with Gasteiger partial charge in [-0.25, -0.2) is 0 Å². The first-order valence-corrected chi connectivity index (χ1v) is 13.9. The van der Waals surface area contributed by atoms with Crippen molar-refractivity contribution in [1.82, 2.24) is 0 Å².